The Bertz CT molecular complexity index is 496. The van der Waals surface area contributed by atoms with Crippen LogP contribution in [0.4, 0.5) is 5.69 Å². The number of benzene rings is 1. The molecule has 1 heterocycles. The average molecular weight is 235 g/mol. The molecule has 0 atom stereocenters. The van der Waals surface area contributed by atoms with Crippen molar-refractivity contribution in [3.8, 4) is 10.9 Å². The van der Waals surface area contributed by atoms with Gasteiger partial charge in [-0.25, -0.2) is 0 Å². The van der Waals surface area contributed by atoms with Gasteiger partial charge in [-0.2, -0.15) is 9.36 Å². The number of nitrogens with zero attached hydrogens (tertiary/aromatic N) is 2. The Morgan fingerprint density at radius 2 is 2.25 bits per heavy atom. The highest BCUT2D eigenvalue weighted by Crippen LogP contribution is 2.29. The third-order valence-corrected chi connectivity index (χ3v) is 2.76. The van der Waals surface area contributed by atoms with Gasteiger partial charge in [-0.3, -0.25) is 0 Å². The van der Waals surface area contributed by atoms with Crippen LogP contribution < -0.4 is 10.5 Å². The van der Waals surface area contributed by atoms with Crippen molar-refractivity contribution in [2.24, 2.45) is 0 Å². The van der Waals surface area contributed by atoms with Crippen LogP contribution in [-0.2, 0) is 6.42 Å². The second kappa shape index (κ2) is 4.49. The summed E-state index contributed by atoms with van der Waals surface area (Å²) in [6.45, 7) is 4.00. The Hall–Kier alpha value is -1.62. The van der Waals surface area contributed by atoms with Crippen molar-refractivity contribution in [1.29, 1.82) is 0 Å². The van der Waals surface area contributed by atoms with Crippen LogP contribution >= 0.6 is 11.5 Å². The lowest BCUT2D eigenvalue weighted by Gasteiger charge is -2.05. The Morgan fingerprint density at radius 3 is 2.94 bits per heavy atom. The van der Waals surface area contributed by atoms with E-state index in [2.05, 4.69) is 9.36 Å². The average Bonchev–Trinajstić information content (AvgIpc) is 2.71. The van der Waals surface area contributed by atoms with Crippen molar-refractivity contribution >= 4 is 17.2 Å². The van der Waals surface area contributed by atoms with Crippen LogP contribution in [0.5, 0.6) is 10.9 Å². The quantitative estimate of drug-likeness (QED) is 0.831. The van der Waals surface area contributed by atoms with Gasteiger partial charge in [-0.15, -0.1) is 0 Å². The van der Waals surface area contributed by atoms with E-state index in [1.807, 2.05) is 32.0 Å². The smallest absolute Gasteiger partial charge is 0.298 e. The minimum atomic E-state index is 0.536. The van der Waals surface area contributed by atoms with Gasteiger partial charge in [0.1, 0.15) is 5.82 Å². The van der Waals surface area contributed by atoms with Gasteiger partial charge in [0.2, 0.25) is 0 Å². The summed E-state index contributed by atoms with van der Waals surface area (Å²) in [5.74, 6) is 1.44. The molecule has 0 bridgehead atoms. The molecule has 0 aliphatic heterocycles. The van der Waals surface area contributed by atoms with E-state index in [0.29, 0.717) is 16.6 Å². The predicted octanol–water partition coefficient (Wildman–Crippen LogP) is 2.78. The SMILES string of the molecule is CCc1nsc(Oc2cc(C)ccc2N)n1. The monoisotopic (exact) mass is 235 g/mol. The summed E-state index contributed by atoms with van der Waals surface area (Å²) in [5.41, 5.74) is 7.52. The minimum absolute atomic E-state index is 0.536. The largest absolute Gasteiger partial charge is 0.428 e. The second-order valence-corrected chi connectivity index (χ2v) is 4.19. The van der Waals surface area contributed by atoms with Crippen LogP contribution in [-0.4, -0.2) is 9.36 Å². The lowest BCUT2D eigenvalue weighted by atomic mass is 10.2. The Balaban J connectivity index is 2.22. The first-order chi connectivity index (χ1) is 7.69. The van der Waals surface area contributed by atoms with Crippen LogP contribution in [0.3, 0.4) is 0 Å². The van der Waals surface area contributed by atoms with E-state index in [-0.39, 0.29) is 0 Å². The maximum atomic E-state index is 5.81. The van der Waals surface area contributed by atoms with Gasteiger partial charge in [0.05, 0.1) is 5.69 Å². The molecule has 1 aromatic heterocycles. The molecule has 2 N–H and O–H groups in total. The van der Waals surface area contributed by atoms with E-state index < -0.39 is 0 Å². The van der Waals surface area contributed by atoms with Crippen LogP contribution in [0.15, 0.2) is 18.2 Å². The zero-order chi connectivity index (χ0) is 11.5. The zero-order valence-electron chi connectivity index (χ0n) is 9.23. The van der Waals surface area contributed by atoms with E-state index in [1.165, 1.54) is 11.5 Å². The zero-order valence-corrected chi connectivity index (χ0v) is 10.0. The predicted molar refractivity (Wildman–Crippen MR) is 65.0 cm³/mol. The number of aryl methyl sites for hydroxylation is 2. The number of rotatable bonds is 3. The van der Waals surface area contributed by atoms with Crippen LogP contribution in [0.25, 0.3) is 0 Å². The lowest BCUT2D eigenvalue weighted by molar-refractivity contribution is 0.479. The molecule has 0 aliphatic carbocycles. The van der Waals surface area contributed by atoms with Crippen LogP contribution in [0.1, 0.15) is 18.3 Å². The molecule has 0 aliphatic rings. The topological polar surface area (TPSA) is 61.0 Å². The van der Waals surface area contributed by atoms with Crippen molar-refractivity contribution in [3.05, 3.63) is 29.6 Å². The fourth-order valence-corrected chi connectivity index (χ4v) is 1.87. The van der Waals surface area contributed by atoms with Crippen molar-refractivity contribution in [2.75, 3.05) is 5.73 Å². The molecule has 0 amide bonds. The molecule has 1 aromatic carbocycles. The normalized spacial score (nSPS) is 10.4. The molecular weight excluding hydrogens is 222 g/mol. The molecule has 0 fully saturated rings. The fourth-order valence-electron chi connectivity index (χ4n) is 1.25. The van der Waals surface area contributed by atoms with E-state index in [4.69, 9.17) is 10.5 Å². The van der Waals surface area contributed by atoms with Crippen molar-refractivity contribution in [1.82, 2.24) is 9.36 Å². The summed E-state index contributed by atoms with van der Waals surface area (Å²) in [6, 6.07) is 5.66. The molecule has 2 aromatic rings. The van der Waals surface area contributed by atoms with Gasteiger partial charge in [0.25, 0.3) is 5.19 Å². The maximum Gasteiger partial charge on any atom is 0.298 e. The van der Waals surface area contributed by atoms with Crippen molar-refractivity contribution in [3.63, 3.8) is 0 Å². The Labute approximate surface area is 98.3 Å². The summed E-state index contributed by atoms with van der Waals surface area (Å²) < 4.78 is 9.74. The number of ether oxygens (including phenoxy) is 1. The summed E-state index contributed by atoms with van der Waals surface area (Å²) in [5, 5.41) is 0.536. The second-order valence-electron chi connectivity index (χ2n) is 3.47. The molecule has 84 valence electrons. The first kappa shape index (κ1) is 10.9. The molecule has 16 heavy (non-hydrogen) atoms. The van der Waals surface area contributed by atoms with Gasteiger partial charge >= 0.3 is 0 Å². The number of nitrogen functional groups attached to an aromatic ring is 1. The van der Waals surface area contributed by atoms with Crippen molar-refractivity contribution in [2.45, 2.75) is 20.3 Å². The standard InChI is InChI=1S/C11H13N3OS/c1-3-10-13-11(16-14-10)15-9-6-7(2)4-5-8(9)12/h4-6H,3,12H2,1-2H3. The number of nitrogens with two attached hydrogens (primary N) is 1. The van der Waals surface area contributed by atoms with Gasteiger partial charge in [-0.1, -0.05) is 13.0 Å². The van der Waals surface area contributed by atoms with Crippen molar-refractivity contribution < 1.29 is 4.74 Å². The summed E-state index contributed by atoms with van der Waals surface area (Å²) in [4.78, 5) is 4.22. The summed E-state index contributed by atoms with van der Waals surface area (Å²) in [6.07, 6.45) is 0.809. The molecule has 0 radical (unpaired) electrons. The molecule has 0 spiro atoms. The molecular formula is C11H13N3OS. The highest BCUT2D eigenvalue weighted by Gasteiger charge is 2.07. The molecule has 5 heteroatoms. The molecule has 0 unspecified atom stereocenters. The molecule has 0 saturated heterocycles. The first-order valence-corrected chi connectivity index (χ1v) is 5.83. The van der Waals surface area contributed by atoms with Gasteiger partial charge < -0.3 is 10.5 Å². The third-order valence-electron chi connectivity index (χ3n) is 2.13. The van der Waals surface area contributed by atoms with Gasteiger partial charge in [0, 0.05) is 18.0 Å². The number of anilines is 1. The van der Waals surface area contributed by atoms with Crippen LogP contribution in [0, 0.1) is 6.92 Å². The van der Waals surface area contributed by atoms with E-state index >= 15 is 0 Å². The highest BCUT2D eigenvalue weighted by atomic mass is 32.1. The minimum Gasteiger partial charge on any atom is -0.428 e. The van der Waals surface area contributed by atoms with E-state index in [0.717, 1.165) is 17.8 Å². The maximum absolute atomic E-state index is 5.81. The Kier molecular flexibility index (Phi) is 3.05. The number of hydrogen-bond donors (Lipinski definition) is 1. The fraction of sp³-hybridized carbons (Fsp3) is 0.273. The van der Waals surface area contributed by atoms with Gasteiger partial charge in [0.15, 0.2) is 5.75 Å². The van der Waals surface area contributed by atoms with E-state index in [1.54, 1.807) is 0 Å². The third kappa shape index (κ3) is 2.30. The molecule has 4 nitrogen and oxygen atoms in total. The summed E-state index contributed by atoms with van der Waals surface area (Å²) in [7, 11) is 0. The van der Waals surface area contributed by atoms with E-state index in [9.17, 15) is 0 Å². The van der Waals surface area contributed by atoms with Crippen LogP contribution in [0.2, 0.25) is 0 Å². The highest BCUT2D eigenvalue weighted by molar-refractivity contribution is 7.07. The van der Waals surface area contributed by atoms with Gasteiger partial charge in [-0.05, 0) is 24.6 Å². The molecule has 0 saturated carbocycles. The summed E-state index contributed by atoms with van der Waals surface area (Å²) >= 11 is 1.24. The Morgan fingerprint density at radius 1 is 1.44 bits per heavy atom. The molecule has 2 rings (SSSR count). The lowest BCUT2D eigenvalue weighted by Crippen LogP contribution is -1.92. The first-order valence-electron chi connectivity index (χ1n) is 5.05. The number of hydrogen-bond acceptors (Lipinski definition) is 5. The number of aromatic nitrogens is 2.